The number of morpholine rings is 1. The van der Waals surface area contributed by atoms with Gasteiger partial charge in [-0.05, 0) is 43.2 Å². The Morgan fingerprint density at radius 3 is 2.70 bits per heavy atom. The molecular formula is C24H24FN3O5. The molecule has 1 saturated heterocycles. The first-order chi connectivity index (χ1) is 15.8. The van der Waals surface area contributed by atoms with Gasteiger partial charge in [-0.3, -0.25) is 14.6 Å². The number of ether oxygens (including phenoxy) is 2. The number of benzene rings is 1. The zero-order valence-corrected chi connectivity index (χ0v) is 18.6. The number of halogens is 1. The van der Waals surface area contributed by atoms with Gasteiger partial charge in [-0.1, -0.05) is 12.1 Å². The summed E-state index contributed by atoms with van der Waals surface area (Å²) >= 11 is 0. The van der Waals surface area contributed by atoms with E-state index >= 15 is 0 Å². The van der Waals surface area contributed by atoms with Crippen LogP contribution in [0.1, 0.15) is 19.4 Å². The number of esters is 1. The molecule has 4 rings (SSSR count). The first-order valence-corrected chi connectivity index (χ1v) is 10.6. The van der Waals surface area contributed by atoms with E-state index in [1.807, 2.05) is 0 Å². The van der Waals surface area contributed by atoms with Gasteiger partial charge in [0.05, 0.1) is 18.8 Å². The molecule has 3 aliphatic heterocycles. The minimum Gasteiger partial charge on any atom is -0.480 e. The number of allylic oxidation sites excluding steroid dienone is 2. The van der Waals surface area contributed by atoms with E-state index in [0.29, 0.717) is 29.0 Å². The second-order valence-electron chi connectivity index (χ2n) is 7.85. The SMILES string of the molecule is CCOC(=O)C1=C(C)C2=CC3C(=C(Cc4ccc(F)cc4)C=N2)OC(C(=O)NC)CN3C1=O. The predicted octanol–water partition coefficient (Wildman–Crippen LogP) is 1.83. The molecule has 0 saturated carbocycles. The summed E-state index contributed by atoms with van der Waals surface area (Å²) < 4.78 is 24.6. The molecule has 2 bridgehead atoms. The molecule has 3 heterocycles. The number of carbonyl (C=O) groups excluding carboxylic acids is 3. The van der Waals surface area contributed by atoms with Crippen molar-refractivity contribution in [1.82, 2.24) is 10.2 Å². The fourth-order valence-electron chi connectivity index (χ4n) is 4.09. The third kappa shape index (κ3) is 4.18. The fraction of sp³-hybridized carbons (Fsp3) is 0.333. The maximum Gasteiger partial charge on any atom is 0.344 e. The normalized spacial score (nSPS) is 21.8. The molecule has 2 atom stereocenters. The lowest BCUT2D eigenvalue weighted by Crippen LogP contribution is -2.55. The summed E-state index contributed by atoms with van der Waals surface area (Å²) in [6.45, 7) is 3.38. The molecule has 2 amide bonds. The van der Waals surface area contributed by atoms with Gasteiger partial charge in [0.2, 0.25) is 0 Å². The molecule has 0 spiro atoms. The molecule has 1 aromatic rings. The number of aliphatic imine (C=N–C) groups is 1. The maximum atomic E-state index is 13.5. The van der Waals surface area contributed by atoms with Crippen LogP contribution in [0.4, 0.5) is 4.39 Å². The number of carbonyl (C=O) groups is 3. The monoisotopic (exact) mass is 453 g/mol. The van der Waals surface area contributed by atoms with Gasteiger partial charge in [0.25, 0.3) is 11.8 Å². The largest absolute Gasteiger partial charge is 0.480 e. The van der Waals surface area contributed by atoms with E-state index in [0.717, 1.165) is 5.56 Å². The molecule has 172 valence electrons. The number of hydrogen-bond donors (Lipinski definition) is 1. The predicted molar refractivity (Wildman–Crippen MR) is 117 cm³/mol. The average molecular weight is 453 g/mol. The van der Waals surface area contributed by atoms with Gasteiger partial charge in [-0.2, -0.15) is 0 Å². The zero-order chi connectivity index (χ0) is 23.7. The number of rotatable bonds is 5. The maximum absolute atomic E-state index is 13.5. The highest BCUT2D eigenvalue weighted by molar-refractivity contribution is 6.18. The van der Waals surface area contributed by atoms with Gasteiger partial charge in [0, 0.05) is 25.3 Å². The van der Waals surface area contributed by atoms with Crippen molar-refractivity contribution < 1.29 is 28.2 Å². The van der Waals surface area contributed by atoms with Crippen LogP contribution < -0.4 is 5.32 Å². The Hall–Kier alpha value is -3.75. The molecular weight excluding hydrogens is 429 g/mol. The Morgan fingerprint density at radius 1 is 1.30 bits per heavy atom. The van der Waals surface area contributed by atoms with Crippen molar-refractivity contribution in [2.45, 2.75) is 32.4 Å². The summed E-state index contributed by atoms with van der Waals surface area (Å²) in [4.78, 5) is 44.6. The smallest absolute Gasteiger partial charge is 0.344 e. The zero-order valence-electron chi connectivity index (χ0n) is 18.6. The summed E-state index contributed by atoms with van der Waals surface area (Å²) in [5.41, 5.74) is 2.20. The van der Waals surface area contributed by atoms with Crippen molar-refractivity contribution in [3.8, 4) is 0 Å². The van der Waals surface area contributed by atoms with E-state index in [1.54, 1.807) is 38.3 Å². The van der Waals surface area contributed by atoms with E-state index in [9.17, 15) is 18.8 Å². The highest BCUT2D eigenvalue weighted by atomic mass is 19.1. The van der Waals surface area contributed by atoms with Gasteiger partial charge in [-0.15, -0.1) is 0 Å². The van der Waals surface area contributed by atoms with Crippen molar-refractivity contribution in [3.05, 3.63) is 69.9 Å². The number of likely N-dealkylation sites (N-methyl/N-ethyl adjacent to an activating group) is 1. The first kappa shape index (κ1) is 22.4. The molecule has 0 radical (unpaired) electrons. The minimum absolute atomic E-state index is 0.0452. The van der Waals surface area contributed by atoms with E-state index in [4.69, 9.17) is 9.47 Å². The topological polar surface area (TPSA) is 97.3 Å². The molecule has 2 unspecified atom stereocenters. The Morgan fingerprint density at radius 2 is 2.03 bits per heavy atom. The van der Waals surface area contributed by atoms with Crippen LogP contribution in [0.2, 0.25) is 0 Å². The quantitative estimate of drug-likeness (QED) is 0.542. The second-order valence-corrected chi connectivity index (χ2v) is 7.85. The van der Waals surface area contributed by atoms with Gasteiger partial charge < -0.3 is 19.7 Å². The third-order valence-electron chi connectivity index (χ3n) is 5.79. The molecule has 0 aromatic heterocycles. The van der Waals surface area contributed by atoms with Crippen molar-refractivity contribution >= 4 is 24.0 Å². The first-order valence-electron chi connectivity index (χ1n) is 10.6. The van der Waals surface area contributed by atoms with E-state index in [-0.39, 0.29) is 24.5 Å². The lowest BCUT2D eigenvalue weighted by Gasteiger charge is -2.39. The van der Waals surface area contributed by atoms with Crippen LogP contribution in [0.25, 0.3) is 0 Å². The lowest BCUT2D eigenvalue weighted by molar-refractivity contribution is -0.146. The van der Waals surface area contributed by atoms with E-state index in [1.165, 1.54) is 24.1 Å². The molecule has 8 nitrogen and oxygen atoms in total. The number of nitrogens with one attached hydrogen (secondary N) is 1. The summed E-state index contributed by atoms with van der Waals surface area (Å²) in [5, 5.41) is 2.55. The van der Waals surface area contributed by atoms with Crippen LogP contribution in [0, 0.1) is 5.82 Å². The van der Waals surface area contributed by atoms with E-state index < -0.39 is 29.9 Å². The van der Waals surface area contributed by atoms with Crippen LogP contribution in [-0.2, 0) is 30.3 Å². The second kappa shape index (κ2) is 9.01. The van der Waals surface area contributed by atoms with Gasteiger partial charge in [-0.25, -0.2) is 9.18 Å². The lowest BCUT2D eigenvalue weighted by atomic mass is 9.99. The van der Waals surface area contributed by atoms with E-state index in [2.05, 4.69) is 10.3 Å². The average Bonchev–Trinajstić information content (AvgIpc) is 3.04. The van der Waals surface area contributed by atoms with Crippen molar-refractivity contribution in [2.75, 3.05) is 20.2 Å². The summed E-state index contributed by atoms with van der Waals surface area (Å²) in [7, 11) is 1.48. The van der Waals surface area contributed by atoms with Crippen molar-refractivity contribution in [3.63, 3.8) is 0 Å². The fourth-order valence-corrected chi connectivity index (χ4v) is 4.09. The minimum atomic E-state index is -0.974. The van der Waals surface area contributed by atoms with Crippen LogP contribution in [0.3, 0.4) is 0 Å². The number of hydrogen-bond acceptors (Lipinski definition) is 6. The van der Waals surface area contributed by atoms with Crippen LogP contribution >= 0.6 is 0 Å². The Bertz CT molecular complexity index is 1130. The Balaban J connectivity index is 1.83. The Kier molecular flexibility index (Phi) is 6.13. The van der Waals surface area contributed by atoms with Crippen molar-refractivity contribution in [2.24, 2.45) is 4.99 Å². The summed E-state index contributed by atoms with van der Waals surface area (Å²) in [6.07, 6.45) is 2.74. The molecule has 1 N–H and O–H groups in total. The Labute approximate surface area is 190 Å². The number of amides is 2. The van der Waals surface area contributed by atoms with Gasteiger partial charge in [0.15, 0.2) is 6.10 Å². The summed E-state index contributed by atoms with van der Waals surface area (Å²) in [6, 6.07) is 5.38. The van der Waals surface area contributed by atoms with Crippen LogP contribution in [0.15, 0.2) is 63.5 Å². The summed E-state index contributed by atoms with van der Waals surface area (Å²) in [5.74, 6) is -1.63. The highest BCUT2D eigenvalue weighted by Crippen LogP contribution is 2.35. The van der Waals surface area contributed by atoms with Crippen molar-refractivity contribution in [1.29, 1.82) is 0 Å². The highest BCUT2D eigenvalue weighted by Gasteiger charge is 2.44. The standard InChI is InChI=1S/C24H24FN3O5/c1-4-32-24(31)20-13(2)17-10-18-21(33-19(22(29)26-3)12-28(18)23(20)30)15(11-27-17)9-14-5-7-16(25)8-6-14/h5-8,10-11,18-19H,4,9,12H2,1-3H3,(H,26,29). The van der Waals surface area contributed by atoms with Crippen LogP contribution in [0.5, 0.6) is 0 Å². The van der Waals surface area contributed by atoms with Gasteiger partial charge >= 0.3 is 5.97 Å². The molecule has 1 fully saturated rings. The molecule has 33 heavy (non-hydrogen) atoms. The molecule has 3 aliphatic rings. The molecule has 9 heteroatoms. The number of nitrogens with zero attached hydrogens (tertiary/aromatic N) is 2. The molecule has 0 aliphatic carbocycles. The molecule has 1 aromatic carbocycles. The van der Waals surface area contributed by atoms with Crippen LogP contribution in [-0.4, -0.2) is 61.2 Å². The third-order valence-corrected chi connectivity index (χ3v) is 5.79. The van der Waals surface area contributed by atoms with Gasteiger partial charge in [0.1, 0.15) is 23.2 Å².